The topological polar surface area (TPSA) is 70.9 Å². The van der Waals surface area contributed by atoms with Gasteiger partial charge in [0.15, 0.2) is 16.7 Å². The van der Waals surface area contributed by atoms with Crippen molar-refractivity contribution in [2.75, 3.05) is 7.11 Å². The van der Waals surface area contributed by atoms with Gasteiger partial charge in [-0.25, -0.2) is 4.99 Å². The fraction of sp³-hybridized carbons (Fsp3) is 0.0588. The van der Waals surface area contributed by atoms with Crippen LogP contribution in [0, 0.1) is 0 Å². The largest absolute Gasteiger partial charge is 0.503 e. The molecule has 0 saturated carbocycles. The van der Waals surface area contributed by atoms with E-state index in [1.54, 1.807) is 36.4 Å². The molecule has 2 aromatic rings. The molecule has 0 spiro atoms. The Labute approximate surface area is 172 Å². The first-order valence-corrected chi connectivity index (χ1v) is 9.55. The Morgan fingerprint density at radius 1 is 1.27 bits per heavy atom. The van der Waals surface area contributed by atoms with Gasteiger partial charge in [-0.1, -0.05) is 23.2 Å². The Kier molecular flexibility index (Phi) is 5.82. The summed E-state index contributed by atoms with van der Waals surface area (Å²) in [5.41, 5.74) is 1.28. The van der Waals surface area contributed by atoms with Crippen molar-refractivity contribution in [3.8, 4) is 11.5 Å². The molecule has 0 radical (unpaired) electrons. The molecule has 9 heteroatoms. The number of phenolic OH excluding ortho intramolecular Hbond substituents is 1. The van der Waals surface area contributed by atoms with Crippen LogP contribution >= 0.6 is 50.9 Å². The number of carbonyl (C=O) groups is 1. The summed E-state index contributed by atoms with van der Waals surface area (Å²) in [5.74, 6) is 0.0383. The predicted octanol–water partition coefficient (Wildman–Crippen LogP) is 5.36. The number of rotatable bonds is 3. The number of thioether (sulfide) groups is 1. The van der Waals surface area contributed by atoms with Crippen molar-refractivity contribution in [3.05, 3.63) is 55.3 Å². The van der Waals surface area contributed by atoms with Crippen LogP contribution in [0.25, 0.3) is 6.08 Å². The maximum absolute atomic E-state index is 12.2. The lowest BCUT2D eigenvalue weighted by molar-refractivity contribution is -0.115. The predicted molar refractivity (Wildman–Crippen MR) is 110 cm³/mol. The molecule has 2 aromatic carbocycles. The first-order chi connectivity index (χ1) is 12.4. The molecule has 5 nitrogen and oxygen atoms in total. The molecule has 3 rings (SSSR count). The van der Waals surface area contributed by atoms with Crippen LogP contribution in [0.5, 0.6) is 11.5 Å². The van der Waals surface area contributed by atoms with Crippen LogP contribution < -0.4 is 10.1 Å². The Hall–Kier alpha value is -1.67. The molecular weight excluding hydrogens is 463 g/mol. The van der Waals surface area contributed by atoms with E-state index in [2.05, 4.69) is 26.2 Å². The molecule has 1 amide bonds. The third kappa shape index (κ3) is 4.17. The van der Waals surface area contributed by atoms with Crippen LogP contribution in [0.15, 0.2) is 44.7 Å². The Morgan fingerprint density at radius 2 is 2.04 bits per heavy atom. The zero-order valence-corrected chi connectivity index (χ0v) is 17.1. The maximum atomic E-state index is 12.2. The van der Waals surface area contributed by atoms with Gasteiger partial charge in [-0.3, -0.25) is 4.79 Å². The molecule has 1 heterocycles. The van der Waals surface area contributed by atoms with Crippen LogP contribution in [-0.2, 0) is 4.79 Å². The van der Waals surface area contributed by atoms with Crippen molar-refractivity contribution in [2.45, 2.75) is 0 Å². The van der Waals surface area contributed by atoms with E-state index >= 15 is 0 Å². The minimum absolute atomic E-state index is 0.0000418. The SMILES string of the molecule is COc1cc(/C=C2/SC(=Nc3ccc(Cl)c(Cl)c3)NC2=O)cc(Br)c1O. The minimum atomic E-state index is -0.267. The lowest BCUT2D eigenvalue weighted by Gasteiger charge is -2.06. The van der Waals surface area contributed by atoms with Gasteiger partial charge in [-0.05, 0) is 69.7 Å². The first-order valence-electron chi connectivity index (χ1n) is 7.18. The number of benzene rings is 2. The molecule has 1 fully saturated rings. The molecule has 1 aliphatic rings. The molecule has 0 unspecified atom stereocenters. The highest BCUT2D eigenvalue weighted by Crippen LogP contribution is 2.37. The number of aromatic hydroxyl groups is 1. The van der Waals surface area contributed by atoms with Gasteiger partial charge in [0.25, 0.3) is 5.91 Å². The smallest absolute Gasteiger partial charge is 0.264 e. The quantitative estimate of drug-likeness (QED) is 0.588. The van der Waals surface area contributed by atoms with E-state index < -0.39 is 0 Å². The number of halogens is 3. The molecule has 2 N–H and O–H groups in total. The third-order valence-corrected chi connectivity index (χ3v) is 5.61. The van der Waals surface area contributed by atoms with Crippen LogP contribution in [0.1, 0.15) is 5.56 Å². The van der Waals surface area contributed by atoms with Crippen LogP contribution in [0.3, 0.4) is 0 Å². The van der Waals surface area contributed by atoms with Crippen molar-refractivity contribution < 1.29 is 14.6 Å². The van der Waals surface area contributed by atoms with Crippen LogP contribution in [-0.4, -0.2) is 23.3 Å². The summed E-state index contributed by atoms with van der Waals surface area (Å²) in [5, 5.41) is 13.8. The minimum Gasteiger partial charge on any atom is -0.503 e. The van der Waals surface area contributed by atoms with Gasteiger partial charge >= 0.3 is 0 Å². The van der Waals surface area contributed by atoms with E-state index in [0.29, 0.717) is 41.6 Å². The third-order valence-electron chi connectivity index (χ3n) is 3.35. The number of phenols is 1. The average Bonchev–Trinajstić information content (AvgIpc) is 2.93. The second-order valence-electron chi connectivity index (χ2n) is 5.13. The standard InChI is InChI=1S/C17H11BrCl2N2O3S/c1-25-13-5-8(4-10(18)15(13)23)6-14-16(24)22-17(26-14)21-9-2-3-11(19)12(20)7-9/h2-7,23H,1H3,(H,21,22,24)/b14-6+. The molecular formula is C17H11BrCl2N2O3S. The molecule has 0 aliphatic carbocycles. The number of nitrogens with one attached hydrogen (secondary N) is 1. The van der Waals surface area contributed by atoms with Gasteiger partial charge in [0.05, 0.1) is 32.2 Å². The van der Waals surface area contributed by atoms with E-state index in [-0.39, 0.29) is 11.7 Å². The van der Waals surface area contributed by atoms with Gasteiger partial charge in [0.1, 0.15) is 0 Å². The first kappa shape index (κ1) is 19.1. The van der Waals surface area contributed by atoms with Crippen molar-refractivity contribution in [1.29, 1.82) is 0 Å². The average molecular weight is 474 g/mol. The number of hydrogen-bond acceptors (Lipinski definition) is 5. The fourth-order valence-corrected chi connectivity index (χ4v) is 3.73. The van der Waals surface area contributed by atoms with Gasteiger partial charge in [0, 0.05) is 0 Å². The van der Waals surface area contributed by atoms with E-state index in [9.17, 15) is 9.90 Å². The molecule has 0 atom stereocenters. The molecule has 134 valence electrons. The summed E-state index contributed by atoms with van der Waals surface area (Å²) in [4.78, 5) is 17.0. The Bertz CT molecular complexity index is 963. The zero-order valence-electron chi connectivity index (χ0n) is 13.2. The molecule has 26 heavy (non-hydrogen) atoms. The van der Waals surface area contributed by atoms with Crippen molar-refractivity contribution in [3.63, 3.8) is 0 Å². The summed E-state index contributed by atoms with van der Waals surface area (Å²) < 4.78 is 5.58. The summed E-state index contributed by atoms with van der Waals surface area (Å²) in [6.07, 6.45) is 1.68. The number of amides is 1. The van der Waals surface area contributed by atoms with Crippen LogP contribution in [0.4, 0.5) is 5.69 Å². The number of amidine groups is 1. The number of ether oxygens (including phenoxy) is 1. The summed E-state index contributed by atoms with van der Waals surface area (Å²) in [7, 11) is 1.46. The monoisotopic (exact) mass is 472 g/mol. The lowest BCUT2D eigenvalue weighted by atomic mass is 10.2. The van der Waals surface area contributed by atoms with E-state index in [1.807, 2.05) is 0 Å². The van der Waals surface area contributed by atoms with Gasteiger partial charge in [-0.15, -0.1) is 0 Å². The number of hydrogen-bond donors (Lipinski definition) is 2. The maximum Gasteiger partial charge on any atom is 0.264 e. The molecule has 1 saturated heterocycles. The van der Waals surface area contributed by atoms with Gasteiger partial charge in [-0.2, -0.15) is 0 Å². The van der Waals surface area contributed by atoms with E-state index in [4.69, 9.17) is 27.9 Å². The number of methoxy groups -OCH3 is 1. The van der Waals surface area contributed by atoms with E-state index in [0.717, 1.165) is 0 Å². The highest BCUT2D eigenvalue weighted by Gasteiger charge is 2.24. The van der Waals surface area contributed by atoms with Crippen molar-refractivity contribution >= 4 is 73.7 Å². The molecule has 0 bridgehead atoms. The summed E-state index contributed by atoms with van der Waals surface area (Å²) in [6.45, 7) is 0. The highest BCUT2D eigenvalue weighted by atomic mass is 79.9. The van der Waals surface area contributed by atoms with Crippen molar-refractivity contribution in [1.82, 2.24) is 5.32 Å². The lowest BCUT2D eigenvalue weighted by Crippen LogP contribution is -2.19. The molecule has 0 aromatic heterocycles. The number of aliphatic imine (C=N–C) groups is 1. The second-order valence-corrected chi connectivity index (χ2v) is 7.83. The van der Waals surface area contributed by atoms with Crippen LogP contribution in [0.2, 0.25) is 10.0 Å². The van der Waals surface area contributed by atoms with E-state index in [1.165, 1.54) is 18.9 Å². The van der Waals surface area contributed by atoms with Gasteiger partial charge in [0.2, 0.25) is 0 Å². The van der Waals surface area contributed by atoms with Crippen molar-refractivity contribution in [2.24, 2.45) is 4.99 Å². The number of nitrogens with zero attached hydrogens (tertiary/aromatic N) is 1. The zero-order chi connectivity index (χ0) is 18.8. The number of carbonyl (C=O) groups excluding carboxylic acids is 1. The highest BCUT2D eigenvalue weighted by molar-refractivity contribution is 9.10. The normalized spacial score (nSPS) is 17.0. The van der Waals surface area contributed by atoms with Gasteiger partial charge < -0.3 is 15.2 Å². The fourth-order valence-electron chi connectivity index (χ4n) is 2.14. The second kappa shape index (κ2) is 7.92. The Morgan fingerprint density at radius 3 is 2.73 bits per heavy atom. The molecule has 1 aliphatic heterocycles. The summed E-state index contributed by atoms with van der Waals surface area (Å²) in [6, 6.07) is 8.29. The Balaban J connectivity index is 1.88. The summed E-state index contributed by atoms with van der Waals surface area (Å²) >= 11 is 16.3.